The molecule has 3 heterocycles. The number of morpholine rings is 1. The zero-order chi connectivity index (χ0) is 17.9. The predicted octanol–water partition coefficient (Wildman–Crippen LogP) is 2.70. The largest absolute Gasteiger partial charge is 0.378 e. The number of aromatic nitrogens is 3. The molecule has 1 fully saturated rings. The van der Waals surface area contributed by atoms with Crippen LogP contribution >= 0.6 is 11.6 Å². The maximum atomic E-state index is 12.5. The number of nitrogens with zero attached hydrogens (tertiary/aromatic N) is 3. The molecule has 0 unspecified atom stereocenters. The minimum Gasteiger partial charge on any atom is -0.378 e. The lowest BCUT2D eigenvalue weighted by atomic mass is 10.2. The molecule has 0 aliphatic carbocycles. The van der Waals surface area contributed by atoms with Crippen molar-refractivity contribution in [3.05, 3.63) is 53.1 Å². The zero-order valence-electron chi connectivity index (χ0n) is 14.0. The Morgan fingerprint density at radius 3 is 2.96 bits per heavy atom. The lowest BCUT2D eigenvalue weighted by Crippen LogP contribution is -2.41. The molecule has 0 bridgehead atoms. The number of carbonyl (C=O) groups excluding carboxylic acids is 1. The van der Waals surface area contributed by atoms with Crippen molar-refractivity contribution in [3.63, 3.8) is 0 Å². The average molecular weight is 372 g/mol. The molecule has 8 heteroatoms. The van der Waals surface area contributed by atoms with Crippen molar-refractivity contribution >= 4 is 34.2 Å². The molecule has 26 heavy (non-hydrogen) atoms. The van der Waals surface area contributed by atoms with E-state index in [1.165, 1.54) is 0 Å². The molecule has 2 N–H and O–H groups in total. The number of fused-ring (bicyclic) bond motifs is 1. The minimum atomic E-state index is -0.0738. The first-order valence-electron chi connectivity index (χ1n) is 8.40. The summed E-state index contributed by atoms with van der Waals surface area (Å²) in [6.07, 6.45) is 1.63. The van der Waals surface area contributed by atoms with E-state index in [-0.39, 0.29) is 5.91 Å². The van der Waals surface area contributed by atoms with Gasteiger partial charge in [0.05, 0.1) is 30.8 Å². The van der Waals surface area contributed by atoms with Gasteiger partial charge in [-0.2, -0.15) is 0 Å². The lowest BCUT2D eigenvalue weighted by Gasteiger charge is -2.26. The van der Waals surface area contributed by atoms with Gasteiger partial charge in [-0.25, -0.2) is 4.98 Å². The van der Waals surface area contributed by atoms with Crippen molar-refractivity contribution in [3.8, 4) is 0 Å². The monoisotopic (exact) mass is 371 g/mol. The number of rotatable bonds is 4. The number of ether oxygens (including phenoxy) is 1. The number of hydrogen-bond acceptors (Lipinski definition) is 5. The number of amides is 1. The Balaban J connectivity index is 1.45. The summed E-state index contributed by atoms with van der Waals surface area (Å²) in [6.45, 7) is 2.83. The zero-order valence-corrected chi connectivity index (χ0v) is 14.8. The van der Waals surface area contributed by atoms with Crippen molar-refractivity contribution in [1.82, 2.24) is 19.9 Å². The van der Waals surface area contributed by atoms with Gasteiger partial charge in [0.2, 0.25) is 0 Å². The average Bonchev–Trinajstić information content (AvgIpc) is 3.09. The van der Waals surface area contributed by atoms with E-state index in [0.717, 1.165) is 22.5 Å². The number of benzene rings is 1. The summed E-state index contributed by atoms with van der Waals surface area (Å²) in [4.78, 5) is 26.2. The van der Waals surface area contributed by atoms with Crippen LogP contribution in [-0.2, 0) is 11.3 Å². The van der Waals surface area contributed by atoms with Gasteiger partial charge in [0.15, 0.2) is 0 Å². The van der Waals surface area contributed by atoms with Crippen molar-refractivity contribution in [2.45, 2.75) is 6.54 Å². The van der Waals surface area contributed by atoms with Crippen molar-refractivity contribution in [2.24, 2.45) is 0 Å². The van der Waals surface area contributed by atoms with Crippen molar-refractivity contribution < 1.29 is 9.53 Å². The Hall–Kier alpha value is -2.64. The Kier molecular flexibility index (Phi) is 4.73. The first-order valence-corrected chi connectivity index (χ1v) is 8.78. The van der Waals surface area contributed by atoms with E-state index in [9.17, 15) is 4.79 Å². The fourth-order valence-corrected chi connectivity index (χ4v) is 3.06. The van der Waals surface area contributed by atoms with Crippen LogP contribution in [0.2, 0.25) is 5.02 Å². The van der Waals surface area contributed by atoms with Crippen LogP contribution < -0.4 is 5.32 Å². The summed E-state index contributed by atoms with van der Waals surface area (Å²) in [7, 11) is 0. The number of anilines is 1. The van der Waals surface area contributed by atoms with E-state index in [2.05, 4.69) is 20.3 Å². The molecule has 1 aromatic carbocycles. The van der Waals surface area contributed by atoms with Crippen LogP contribution in [0.15, 0.2) is 36.5 Å². The van der Waals surface area contributed by atoms with Crippen molar-refractivity contribution in [2.75, 3.05) is 31.6 Å². The maximum Gasteiger partial charge on any atom is 0.272 e. The lowest BCUT2D eigenvalue weighted by molar-refractivity contribution is 0.0299. The molecule has 0 saturated carbocycles. The second-order valence-electron chi connectivity index (χ2n) is 6.03. The number of carbonyl (C=O) groups is 1. The van der Waals surface area contributed by atoms with Crippen LogP contribution in [0.25, 0.3) is 11.0 Å². The number of pyridine rings is 1. The molecule has 0 radical (unpaired) electrons. The molecule has 3 aromatic rings. The molecule has 2 aromatic heterocycles. The summed E-state index contributed by atoms with van der Waals surface area (Å²) in [5, 5.41) is 3.94. The number of aromatic amines is 1. The van der Waals surface area contributed by atoms with Crippen LogP contribution in [0, 0.1) is 0 Å². The molecule has 134 valence electrons. The molecule has 1 amide bonds. The quantitative estimate of drug-likeness (QED) is 0.736. The Labute approximate surface area is 155 Å². The summed E-state index contributed by atoms with van der Waals surface area (Å²) in [5.41, 5.74) is 3.00. The predicted molar refractivity (Wildman–Crippen MR) is 99.4 cm³/mol. The molecular weight excluding hydrogens is 354 g/mol. The van der Waals surface area contributed by atoms with Gasteiger partial charge in [-0.15, -0.1) is 0 Å². The number of nitrogens with one attached hydrogen (secondary N) is 2. The molecule has 1 aliphatic heterocycles. The standard InChI is InChI=1S/C18H18ClN5O2/c19-12-1-2-14-15(9-12)23-17(22-14)11-21-13-3-4-20-16(10-13)18(25)24-5-7-26-8-6-24/h1-4,9-10H,5-8,11H2,(H,20,21)(H,22,23). The third-order valence-electron chi connectivity index (χ3n) is 4.23. The Bertz CT molecular complexity index is 936. The van der Waals surface area contributed by atoms with Gasteiger partial charge >= 0.3 is 0 Å². The summed E-state index contributed by atoms with van der Waals surface area (Å²) in [6, 6.07) is 9.13. The Morgan fingerprint density at radius 1 is 1.27 bits per heavy atom. The molecule has 0 atom stereocenters. The van der Waals surface area contributed by atoms with Crippen molar-refractivity contribution in [1.29, 1.82) is 0 Å². The second-order valence-corrected chi connectivity index (χ2v) is 6.47. The Morgan fingerprint density at radius 2 is 2.12 bits per heavy atom. The topological polar surface area (TPSA) is 83.1 Å². The van der Waals surface area contributed by atoms with E-state index >= 15 is 0 Å². The highest BCUT2D eigenvalue weighted by atomic mass is 35.5. The number of hydrogen-bond donors (Lipinski definition) is 2. The molecule has 0 spiro atoms. The number of H-pyrrole nitrogens is 1. The normalized spacial score (nSPS) is 14.6. The number of halogens is 1. The molecule has 7 nitrogen and oxygen atoms in total. The van der Waals surface area contributed by atoms with Crippen LogP contribution in [-0.4, -0.2) is 52.1 Å². The van der Waals surface area contributed by atoms with Gasteiger partial charge < -0.3 is 19.9 Å². The fraction of sp³-hybridized carbons (Fsp3) is 0.278. The fourth-order valence-electron chi connectivity index (χ4n) is 2.89. The molecule has 1 aliphatic rings. The van der Waals surface area contributed by atoms with Crippen LogP contribution in [0.1, 0.15) is 16.3 Å². The SMILES string of the molecule is O=C(c1cc(NCc2nc3ccc(Cl)cc3[nH]2)ccn1)N1CCOCC1. The van der Waals surface area contributed by atoms with Gasteiger partial charge in [-0.3, -0.25) is 9.78 Å². The van der Waals surface area contributed by atoms with E-state index in [0.29, 0.717) is 43.6 Å². The van der Waals surface area contributed by atoms with E-state index in [1.54, 1.807) is 17.2 Å². The van der Waals surface area contributed by atoms with Gasteiger partial charge in [-0.1, -0.05) is 11.6 Å². The van der Waals surface area contributed by atoms with E-state index < -0.39 is 0 Å². The highest BCUT2D eigenvalue weighted by Gasteiger charge is 2.19. The number of imidazole rings is 1. The first kappa shape index (κ1) is 16.8. The van der Waals surface area contributed by atoms with Gasteiger partial charge in [0, 0.05) is 30.0 Å². The summed E-state index contributed by atoms with van der Waals surface area (Å²) >= 11 is 6.00. The van der Waals surface area contributed by atoms with Gasteiger partial charge in [0.25, 0.3) is 5.91 Å². The third kappa shape index (κ3) is 3.63. The first-order chi connectivity index (χ1) is 12.7. The maximum absolute atomic E-state index is 12.5. The van der Waals surface area contributed by atoms with Gasteiger partial charge in [0.1, 0.15) is 11.5 Å². The van der Waals surface area contributed by atoms with E-state index in [4.69, 9.17) is 16.3 Å². The summed E-state index contributed by atoms with van der Waals surface area (Å²) < 4.78 is 5.28. The molecule has 1 saturated heterocycles. The third-order valence-corrected chi connectivity index (χ3v) is 4.47. The minimum absolute atomic E-state index is 0.0738. The smallest absolute Gasteiger partial charge is 0.272 e. The molecular formula is C18H18ClN5O2. The highest BCUT2D eigenvalue weighted by Crippen LogP contribution is 2.18. The van der Waals surface area contributed by atoms with Crippen LogP contribution in [0.4, 0.5) is 5.69 Å². The highest BCUT2D eigenvalue weighted by molar-refractivity contribution is 6.31. The molecule has 4 rings (SSSR count). The van der Waals surface area contributed by atoms with Crippen LogP contribution in [0.5, 0.6) is 0 Å². The summed E-state index contributed by atoms with van der Waals surface area (Å²) in [5.74, 6) is 0.718. The van der Waals surface area contributed by atoms with Crippen LogP contribution in [0.3, 0.4) is 0 Å². The second kappa shape index (κ2) is 7.31. The van der Waals surface area contributed by atoms with Gasteiger partial charge in [-0.05, 0) is 30.3 Å². The van der Waals surface area contributed by atoms with E-state index in [1.807, 2.05) is 24.3 Å².